The fourth-order valence-electron chi connectivity index (χ4n) is 1.11. The highest BCUT2D eigenvalue weighted by Gasteiger charge is 2.32. The molecule has 15 heavy (non-hydrogen) atoms. The Kier molecular flexibility index (Phi) is 3.19. The van der Waals surface area contributed by atoms with Crippen molar-refractivity contribution in [2.24, 2.45) is 0 Å². The molecule has 0 aliphatic heterocycles. The third kappa shape index (κ3) is 2.59. The molecule has 0 heterocycles. The van der Waals surface area contributed by atoms with Crippen LogP contribution in [-0.4, -0.2) is 5.24 Å². The van der Waals surface area contributed by atoms with Crippen molar-refractivity contribution in [2.75, 3.05) is 0 Å². The largest absolute Gasteiger partial charge is 0.416 e. The lowest BCUT2D eigenvalue weighted by molar-refractivity contribution is -0.137. The summed E-state index contributed by atoms with van der Waals surface area (Å²) in [6.07, 6.45) is -3.43. The molecule has 0 aliphatic rings. The van der Waals surface area contributed by atoms with Gasteiger partial charge in [-0.05, 0) is 35.4 Å². The molecule has 0 bridgehead atoms. The van der Waals surface area contributed by atoms with Crippen LogP contribution in [0.15, 0.2) is 24.8 Å². The summed E-state index contributed by atoms with van der Waals surface area (Å²) in [5.41, 5.74) is -0.979. The first kappa shape index (κ1) is 11.8. The van der Waals surface area contributed by atoms with Crippen LogP contribution in [0.3, 0.4) is 0 Å². The third-order valence-electron chi connectivity index (χ3n) is 1.80. The molecule has 0 aliphatic carbocycles. The Morgan fingerprint density at radius 1 is 1.40 bits per heavy atom. The molecule has 1 aromatic rings. The third-order valence-corrected chi connectivity index (χ3v) is 2.02. The van der Waals surface area contributed by atoms with Crippen molar-refractivity contribution in [3.63, 3.8) is 0 Å². The van der Waals surface area contributed by atoms with Crippen molar-refractivity contribution in [2.45, 2.75) is 6.18 Å². The van der Waals surface area contributed by atoms with Gasteiger partial charge < -0.3 is 0 Å². The lowest BCUT2D eigenvalue weighted by Gasteiger charge is -2.10. The van der Waals surface area contributed by atoms with Crippen LogP contribution >= 0.6 is 11.6 Å². The highest BCUT2D eigenvalue weighted by molar-refractivity contribution is 6.67. The zero-order valence-electron chi connectivity index (χ0n) is 7.44. The number of alkyl halides is 3. The van der Waals surface area contributed by atoms with Crippen LogP contribution in [-0.2, 0) is 6.18 Å². The predicted molar refractivity (Wildman–Crippen MR) is 51.7 cm³/mol. The van der Waals surface area contributed by atoms with Crippen molar-refractivity contribution in [1.82, 2.24) is 0 Å². The molecule has 0 atom stereocenters. The Morgan fingerprint density at radius 3 is 2.40 bits per heavy atom. The molecule has 1 rings (SSSR count). The standard InChI is InChI=1S/C10H6ClF3O/c1-2-6-5-7(9(11)15)3-4-8(6)10(12,13)14/h2-5H,1H2. The van der Waals surface area contributed by atoms with Gasteiger partial charge in [0.05, 0.1) is 5.56 Å². The molecule has 0 amide bonds. The van der Waals surface area contributed by atoms with Gasteiger partial charge in [-0.25, -0.2) is 0 Å². The van der Waals surface area contributed by atoms with Crippen molar-refractivity contribution in [3.8, 4) is 0 Å². The molecule has 0 fully saturated rings. The second kappa shape index (κ2) is 4.06. The Balaban J connectivity index is 3.33. The van der Waals surface area contributed by atoms with Crippen LogP contribution in [0.1, 0.15) is 21.5 Å². The quantitative estimate of drug-likeness (QED) is 0.713. The lowest BCUT2D eigenvalue weighted by Crippen LogP contribution is -2.08. The van der Waals surface area contributed by atoms with E-state index in [1.165, 1.54) is 0 Å². The SMILES string of the molecule is C=Cc1cc(C(=O)Cl)ccc1C(F)(F)F. The minimum atomic E-state index is -4.46. The number of rotatable bonds is 2. The van der Waals surface area contributed by atoms with Gasteiger partial charge >= 0.3 is 6.18 Å². The molecule has 0 saturated carbocycles. The zero-order chi connectivity index (χ0) is 11.6. The van der Waals surface area contributed by atoms with Crippen LogP contribution in [0.25, 0.3) is 6.08 Å². The molecule has 0 radical (unpaired) electrons. The normalized spacial score (nSPS) is 11.2. The number of hydrogen-bond donors (Lipinski definition) is 0. The molecule has 0 saturated heterocycles. The van der Waals surface area contributed by atoms with Gasteiger partial charge in [-0.2, -0.15) is 13.2 Å². The summed E-state index contributed by atoms with van der Waals surface area (Å²) in [5.74, 6) is 0. The summed E-state index contributed by atoms with van der Waals surface area (Å²) in [4.78, 5) is 10.7. The first-order valence-electron chi connectivity index (χ1n) is 3.90. The lowest BCUT2D eigenvalue weighted by atomic mass is 10.0. The molecule has 0 unspecified atom stereocenters. The fourth-order valence-corrected chi connectivity index (χ4v) is 1.23. The summed E-state index contributed by atoms with van der Waals surface area (Å²) in [5, 5.41) is -0.799. The second-order valence-corrected chi connectivity index (χ2v) is 3.12. The molecule has 80 valence electrons. The maximum Gasteiger partial charge on any atom is 0.416 e. The number of carbonyl (C=O) groups is 1. The maximum absolute atomic E-state index is 12.4. The molecule has 0 aromatic heterocycles. The van der Waals surface area contributed by atoms with Crippen molar-refractivity contribution in [3.05, 3.63) is 41.5 Å². The van der Waals surface area contributed by atoms with Crippen molar-refractivity contribution >= 4 is 22.9 Å². The monoisotopic (exact) mass is 234 g/mol. The number of carbonyl (C=O) groups excluding carboxylic acids is 1. The van der Waals surface area contributed by atoms with Crippen molar-refractivity contribution < 1.29 is 18.0 Å². The van der Waals surface area contributed by atoms with Crippen LogP contribution in [0.5, 0.6) is 0 Å². The van der Waals surface area contributed by atoms with E-state index in [9.17, 15) is 18.0 Å². The molecular weight excluding hydrogens is 229 g/mol. The minimum absolute atomic E-state index is 0.0135. The van der Waals surface area contributed by atoms with Gasteiger partial charge in [-0.1, -0.05) is 12.7 Å². The number of halogens is 4. The topological polar surface area (TPSA) is 17.1 Å². The van der Waals surface area contributed by atoms with Crippen molar-refractivity contribution in [1.29, 1.82) is 0 Å². The molecule has 1 nitrogen and oxygen atoms in total. The van der Waals surface area contributed by atoms with E-state index in [0.717, 1.165) is 24.3 Å². The van der Waals surface area contributed by atoms with Gasteiger partial charge in [0.1, 0.15) is 0 Å². The molecule has 0 spiro atoms. The first-order chi connectivity index (χ1) is 6.86. The second-order valence-electron chi connectivity index (χ2n) is 2.78. The van der Waals surface area contributed by atoms with E-state index >= 15 is 0 Å². The predicted octanol–water partition coefficient (Wildman–Crippen LogP) is 3.73. The first-order valence-corrected chi connectivity index (χ1v) is 4.27. The van der Waals surface area contributed by atoms with E-state index in [1.54, 1.807) is 0 Å². The average Bonchev–Trinajstić information content (AvgIpc) is 2.15. The summed E-state index contributed by atoms with van der Waals surface area (Å²) in [7, 11) is 0. The van der Waals surface area contributed by atoms with Crippen LogP contribution < -0.4 is 0 Å². The molecule has 0 N–H and O–H groups in total. The van der Waals surface area contributed by atoms with E-state index in [4.69, 9.17) is 11.6 Å². The molecule has 5 heteroatoms. The van der Waals surface area contributed by atoms with E-state index in [2.05, 4.69) is 6.58 Å². The number of benzene rings is 1. The Morgan fingerprint density at radius 2 is 2.00 bits per heavy atom. The Bertz CT molecular complexity index is 410. The van der Waals surface area contributed by atoms with Gasteiger partial charge in [-0.15, -0.1) is 0 Å². The maximum atomic E-state index is 12.4. The van der Waals surface area contributed by atoms with Gasteiger partial charge in [0, 0.05) is 5.56 Å². The molecular formula is C10H6ClF3O. The highest BCUT2D eigenvalue weighted by Crippen LogP contribution is 2.33. The summed E-state index contributed by atoms with van der Waals surface area (Å²) >= 11 is 5.14. The smallest absolute Gasteiger partial charge is 0.276 e. The van der Waals surface area contributed by atoms with Gasteiger partial charge in [0.15, 0.2) is 0 Å². The Labute approximate surface area is 89.2 Å². The van der Waals surface area contributed by atoms with E-state index in [1.807, 2.05) is 0 Å². The summed E-state index contributed by atoms with van der Waals surface area (Å²) in [6, 6.07) is 2.91. The van der Waals surface area contributed by atoms with E-state index in [0.29, 0.717) is 0 Å². The van der Waals surface area contributed by atoms with Crippen LogP contribution in [0, 0.1) is 0 Å². The van der Waals surface area contributed by atoms with Gasteiger partial charge in [-0.3, -0.25) is 4.79 Å². The fraction of sp³-hybridized carbons (Fsp3) is 0.100. The van der Waals surface area contributed by atoms with E-state index in [-0.39, 0.29) is 11.1 Å². The average molecular weight is 235 g/mol. The minimum Gasteiger partial charge on any atom is -0.276 e. The number of hydrogen-bond acceptors (Lipinski definition) is 1. The molecule has 1 aromatic carbocycles. The summed E-state index contributed by atoms with van der Waals surface area (Å²) < 4.78 is 37.2. The summed E-state index contributed by atoms with van der Waals surface area (Å²) in [6.45, 7) is 3.25. The van der Waals surface area contributed by atoms with Gasteiger partial charge in [0.25, 0.3) is 5.24 Å². The van der Waals surface area contributed by atoms with Crippen LogP contribution in [0.2, 0.25) is 0 Å². The highest BCUT2D eigenvalue weighted by atomic mass is 35.5. The Hall–Kier alpha value is -1.29. The van der Waals surface area contributed by atoms with E-state index < -0.39 is 17.0 Å². The zero-order valence-corrected chi connectivity index (χ0v) is 8.19. The van der Waals surface area contributed by atoms with Crippen LogP contribution in [0.4, 0.5) is 13.2 Å². The van der Waals surface area contributed by atoms with Gasteiger partial charge in [0.2, 0.25) is 0 Å².